The summed E-state index contributed by atoms with van der Waals surface area (Å²) in [5, 5.41) is 21.2. The zero-order valence-corrected chi connectivity index (χ0v) is 17.4. The summed E-state index contributed by atoms with van der Waals surface area (Å²) < 4.78 is 1.68. The first kappa shape index (κ1) is 20.6. The van der Waals surface area contributed by atoms with Gasteiger partial charge in [0.05, 0.1) is 23.4 Å². The second-order valence-corrected chi connectivity index (χ2v) is 7.92. The molecule has 0 bridgehead atoms. The molecule has 0 aliphatic rings. The van der Waals surface area contributed by atoms with Crippen LogP contribution in [0.5, 0.6) is 0 Å². The summed E-state index contributed by atoms with van der Waals surface area (Å²) in [6.45, 7) is 6.18. The Bertz CT molecular complexity index is 1010. The van der Waals surface area contributed by atoms with Crippen LogP contribution in [0, 0.1) is 25.2 Å². The lowest BCUT2D eigenvalue weighted by molar-refractivity contribution is -0.117. The molecule has 1 heterocycles. The highest BCUT2D eigenvalue weighted by Gasteiger charge is 2.25. The summed E-state index contributed by atoms with van der Waals surface area (Å²) >= 11 is 1.31. The smallest absolute Gasteiger partial charge is 0.240 e. The molecule has 0 aliphatic heterocycles. The molecule has 1 atom stereocenters. The van der Waals surface area contributed by atoms with Crippen LogP contribution in [0.4, 0.5) is 5.69 Å². The van der Waals surface area contributed by atoms with E-state index < -0.39 is 5.25 Å². The summed E-state index contributed by atoms with van der Waals surface area (Å²) in [5.41, 5.74) is 3.80. The molecule has 148 valence electrons. The van der Waals surface area contributed by atoms with Crippen molar-refractivity contribution in [3.05, 3.63) is 59.7 Å². The highest BCUT2D eigenvalue weighted by Crippen LogP contribution is 2.28. The molecule has 7 nitrogen and oxygen atoms in total. The Kier molecular flexibility index (Phi) is 6.62. The normalized spacial score (nSPS) is 11.7. The number of rotatable bonds is 7. The van der Waals surface area contributed by atoms with E-state index in [4.69, 9.17) is 5.26 Å². The second kappa shape index (κ2) is 9.34. The van der Waals surface area contributed by atoms with Gasteiger partial charge in [-0.1, -0.05) is 48.2 Å². The van der Waals surface area contributed by atoms with Crippen molar-refractivity contribution in [3.8, 4) is 11.8 Å². The molecule has 2 aromatic carbocycles. The molecule has 0 N–H and O–H groups in total. The van der Waals surface area contributed by atoms with Crippen molar-refractivity contribution in [2.75, 3.05) is 11.4 Å². The van der Waals surface area contributed by atoms with Crippen molar-refractivity contribution in [2.24, 2.45) is 0 Å². The van der Waals surface area contributed by atoms with Gasteiger partial charge >= 0.3 is 0 Å². The molecule has 8 heteroatoms. The van der Waals surface area contributed by atoms with Crippen LogP contribution in [0.3, 0.4) is 0 Å². The maximum atomic E-state index is 13.2. The quantitative estimate of drug-likeness (QED) is 0.556. The van der Waals surface area contributed by atoms with Crippen molar-refractivity contribution in [1.82, 2.24) is 20.2 Å². The number of anilines is 1. The van der Waals surface area contributed by atoms with E-state index in [2.05, 4.69) is 21.6 Å². The average molecular weight is 407 g/mol. The van der Waals surface area contributed by atoms with Crippen LogP contribution in [0.15, 0.2) is 53.7 Å². The number of benzene rings is 2. The van der Waals surface area contributed by atoms with Crippen molar-refractivity contribution in [1.29, 1.82) is 5.26 Å². The number of aryl methyl sites for hydroxylation is 2. The number of carbonyl (C=O) groups excluding carboxylic acids is 1. The summed E-state index contributed by atoms with van der Waals surface area (Å²) in [7, 11) is 0. The minimum Gasteiger partial charge on any atom is -0.310 e. The number of thioether (sulfide) groups is 1. The number of para-hydroxylation sites is 2. The Morgan fingerprint density at radius 2 is 1.86 bits per heavy atom. The molecule has 1 aromatic heterocycles. The molecule has 0 fully saturated rings. The van der Waals surface area contributed by atoms with Crippen LogP contribution in [0.1, 0.15) is 24.5 Å². The average Bonchev–Trinajstić information content (AvgIpc) is 3.16. The van der Waals surface area contributed by atoms with Gasteiger partial charge in [-0.25, -0.2) is 0 Å². The molecule has 1 amide bonds. The van der Waals surface area contributed by atoms with Crippen LogP contribution in [-0.2, 0) is 4.79 Å². The summed E-state index contributed by atoms with van der Waals surface area (Å²) in [6, 6.07) is 17.5. The summed E-state index contributed by atoms with van der Waals surface area (Å²) in [6.07, 6.45) is 0.262. The predicted octanol–water partition coefficient (Wildman–Crippen LogP) is 3.71. The molecule has 0 aliphatic carbocycles. The SMILES string of the molecule is Cc1cccc(C)c1-n1nnnc1S[C@H](C)C(=O)N(CCC#N)c1ccccc1. The minimum atomic E-state index is -0.428. The maximum Gasteiger partial charge on any atom is 0.240 e. The third kappa shape index (κ3) is 4.63. The van der Waals surface area contributed by atoms with Crippen molar-refractivity contribution in [3.63, 3.8) is 0 Å². The van der Waals surface area contributed by atoms with Gasteiger partial charge in [0.2, 0.25) is 11.1 Å². The number of aromatic nitrogens is 4. The number of hydrogen-bond donors (Lipinski definition) is 0. The van der Waals surface area contributed by atoms with Gasteiger partial charge < -0.3 is 4.90 Å². The second-order valence-electron chi connectivity index (χ2n) is 6.61. The van der Waals surface area contributed by atoms with E-state index in [9.17, 15) is 4.79 Å². The lowest BCUT2D eigenvalue weighted by Gasteiger charge is -2.24. The maximum absolute atomic E-state index is 13.2. The number of amides is 1. The number of hydrogen-bond acceptors (Lipinski definition) is 6. The van der Waals surface area contributed by atoms with E-state index in [0.29, 0.717) is 11.7 Å². The Morgan fingerprint density at radius 3 is 2.52 bits per heavy atom. The van der Waals surface area contributed by atoms with E-state index in [1.807, 2.05) is 69.3 Å². The van der Waals surface area contributed by atoms with Crippen LogP contribution in [-0.4, -0.2) is 37.9 Å². The summed E-state index contributed by atoms with van der Waals surface area (Å²) in [5.74, 6) is -0.0903. The topological polar surface area (TPSA) is 87.7 Å². The lowest BCUT2D eigenvalue weighted by Crippen LogP contribution is -2.37. The van der Waals surface area contributed by atoms with E-state index in [1.54, 1.807) is 9.58 Å². The van der Waals surface area contributed by atoms with E-state index in [1.165, 1.54) is 11.8 Å². The van der Waals surface area contributed by atoms with Crippen LogP contribution in [0.2, 0.25) is 0 Å². The molecule has 0 unspecified atom stereocenters. The monoisotopic (exact) mass is 406 g/mol. The fourth-order valence-corrected chi connectivity index (χ4v) is 3.95. The fourth-order valence-electron chi connectivity index (χ4n) is 3.10. The molecule has 29 heavy (non-hydrogen) atoms. The van der Waals surface area contributed by atoms with E-state index in [0.717, 1.165) is 22.5 Å². The number of nitriles is 1. The molecule has 0 radical (unpaired) electrons. The van der Waals surface area contributed by atoms with Crippen LogP contribution in [0.25, 0.3) is 5.69 Å². The third-order valence-electron chi connectivity index (χ3n) is 4.50. The third-order valence-corrected chi connectivity index (χ3v) is 5.52. The van der Waals surface area contributed by atoms with Gasteiger partial charge in [0, 0.05) is 12.2 Å². The molecule has 3 rings (SSSR count). The largest absolute Gasteiger partial charge is 0.310 e. The number of carbonyl (C=O) groups is 1. The lowest BCUT2D eigenvalue weighted by atomic mass is 10.1. The van der Waals surface area contributed by atoms with Crippen LogP contribution < -0.4 is 4.90 Å². The van der Waals surface area contributed by atoms with Gasteiger partial charge in [-0.3, -0.25) is 4.79 Å². The number of nitrogens with zero attached hydrogens (tertiary/aromatic N) is 6. The summed E-state index contributed by atoms with van der Waals surface area (Å²) in [4.78, 5) is 14.8. The van der Waals surface area contributed by atoms with Gasteiger partial charge in [-0.2, -0.15) is 9.94 Å². The zero-order chi connectivity index (χ0) is 20.8. The highest BCUT2D eigenvalue weighted by molar-refractivity contribution is 8.00. The van der Waals surface area contributed by atoms with E-state index >= 15 is 0 Å². The molecule has 0 saturated carbocycles. The van der Waals surface area contributed by atoms with Crippen molar-refractivity contribution >= 4 is 23.4 Å². The van der Waals surface area contributed by atoms with Gasteiger partial charge in [0.15, 0.2) is 0 Å². The predicted molar refractivity (Wildman–Crippen MR) is 113 cm³/mol. The van der Waals surface area contributed by atoms with Gasteiger partial charge in [0.1, 0.15) is 0 Å². The Balaban J connectivity index is 1.85. The standard InChI is InChI=1S/C21H22N6OS/c1-15-9-7-10-16(2)19(15)27-21(23-24-25-27)29-17(3)20(28)26(14-8-13-22)18-11-5-4-6-12-18/h4-7,9-12,17H,8,14H2,1-3H3/t17-/m1/s1. The van der Waals surface area contributed by atoms with Crippen LogP contribution >= 0.6 is 11.8 Å². The number of tetrazole rings is 1. The highest BCUT2D eigenvalue weighted by atomic mass is 32.2. The first-order valence-electron chi connectivity index (χ1n) is 9.28. The van der Waals surface area contributed by atoms with Gasteiger partial charge in [-0.05, 0) is 54.5 Å². The fraction of sp³-hybridized carbons (Fsp3) is 0.286. The van der Waals surface area contributed by atoms with Crippen molar-refractivity contribution in [2.45, 2.75) is 37.6 Å². The Labute approximate surface area is 174 Å². The molecule has 0 saturated heterocycles. The van der Waals surface area contributed by atoms with Gasteiger partial charge in [0.25, 0.3) is 0 Å². The van der Waals surface area contributed by atoms with Crippen molar-refractivity contribution < 1.29 is 4.79 Å². The molecule has 3 aromatic rings. The Hall–Kier alpha value is -3.18. The minimum absolute atomic E-state index is 0.0903. The Morgan fingerprint density at radius 1 is 1.17 bits per heavy atom. The molecular weight excluding hydrogens is 384 g/mol. The van der Waals surface area contributed by atoms with Gasteiger partial charge in [-0.15, -0.1) is 5.10 Å². The zero-order valence-electron chi connectivity index (χ0n) is 16.6. The molecular formula is C21H22N6OS. The first-order valence-corrected chi connectivity index (χ1v) is 10.2. The van der Waals surface area contributed by atoms with E-state index in [-0.39, 0.29) is 12.3 Å². The molecule has 0 spiro atoms. The first-order chi connectivity index (χ1) is 14.0.